The molecule has 0 aromatic heterocycles. The Bertz CT molecular complexity index is 376. The highest BCUT2D eigenvalue weighted by Gasteiger charge is 2.28. The lowest BCUT2D eigenvalue weighted by atomic mass is 9.98. The van der Waals surface area contributed by atoms with E-state index in [0.29, 0.717) is 16.7 Å². The molecule has 0 aliphatic carbocycles. The predicted molar refractivity (Wildman–Crippen MR) is 54.8 cm³/mol. The van der Waals surface area contributed by atoms with E-state index in [2.05, 4.69) is 0 Å². The second kappa shape index (κ2) is 3.79. The van der Waals surface area contributed by atoms with Crippen molar-refractivity contribution in [3.63, 3.8) is 0 Å². The van der Waals surface area contributed by atoms with E-state index in [-0.39, 0.29) is 11.9 Å². The van der Waals surface area contributed by atoms with Gasteiger partial charge in [-0.2, -0.15) is 0 Å². The first kappa shape index (κ1) is 9.81. The third-order valence-corrected chi connectivity index (χ3v) is 3.02. The summed E-state index contributed by atoms with van der Waals surface area (Å²) in [6.45, 7) is 0.490. The normalized spacial score (nSPS) is 21.0. The Balaban J connectivity index is 2.32. The lowest BCUT2D eigenvalue weighted by Gasteiger charge is -2.06. The van der Waals surface area contributed by atoms with E-state index in [4.69, 9.17) is 27.9 Å². The molecule has 0 saturated carbocycles. The summed E-state index contributed by atoms with van der Waals surface area (Å²) < 4.78 is 4.87. The molecular weight excluding hydrogens is 223 g/mol. The second-order valence-corrected chi connectivity index (χ2v) is 4.00. The molecule has 1 heterocycles. The van der Waals surface area contributed by atoms with Crippen LogP contribution in [0.3, 0.4) is 0 Å². The van der Waals surface area contributed by atoms with Gasteiger partial charge in [-0.3, -0.25) is 4.79 Å². The van der Waals surface area contributed by atoms with Gasteiger partial charge in [-0.15, -0.1) is 0 Å². The number of benzene rings is 1. The van der Waals surface area contributed by atoms with Crippen LogP contribution in [0, 0.1) is 0 Å². The maximum Gasteiger partial charge on any atom is 0.313 e. The maximum atomic E-state index is 11.3. The third kappa shape index (κ3) is 1.72. The molecule has 1 saturated heterocycles. The Morgan fingerprint density at radius 1 is 1.29 bits per heavy atom. The number of hydrogen-bond donors (Lipinski definition) is 0. The Kier molecular flexibility index (Phi) is 2.66. The van der Waals surface area contributed by atoms with Gasteiger partial charge in [0.15, 0.2) is 0 Å². The molecule has 1 aromatic carbocycles. The van der Waals surface area contributed by atoms with Crippen molar-refractivity contribution in [3.8, 4) is 0 Å². The molecule has 4 heteroatoms. The fraction of sp³-hybridized carbons (Fsp3) is 0.300. The molecular formula is C10H8Cl2O2. The van der Waals surface area contributed by atoms with Crippen molar-refractivity contribution >= 4 is 29.2 Å². The van der Waals surface area contributed by atoms with Crippen LogP contribution in [0.4, 0.5) is 0 Å². The minimum atomic E-state index is -0.177. The topological polar surface area (TPSA) is 26.3 Å². The number of carbonyl (C=O) groups is 1. The molecule has 0 bridgehead atoms. The van der Waals surface area contributed by atoms with Crippen LogP contribution in [0.25, 0.3) is 0 Å². The average Bonchev–Trinajstić information content (AvgIpc) is 2.57. The number of hydrogen-bond acceptors (Lipinski definition) is 2. The molecule has 1 aromatic rings. The fourth-order valence-corrected chi connectivity index (χ4v) is 1.83. The van der Waals surface area contributed by atoms with E-state index in [1.807, 2.05) is 6.07 Å². The first-order chi connectivity index (χ1) is 6.68. The van der Waals surface area contributed by atoms with Gasteiger partial charge in [-0.1, -0.05) is 29.3 Å². The Morgan fingerprint density at radius 2 is 2.07 bits per heavy atom. The van der Waals surface area contributed by atoms with Crippen molar-refractivity contribution in [2.45, 2.75) is 12.3 Å². The summed E-state index contributed by atoms with van der Waals surface area (Å²) in [6, 6.07) is 5.23. The van der Waals surface area contributed by atoms with Gasteiger partial charge in [0.25, 0.3) is 0 Å². The van der Waals surface area contributed by atoms with Crippen molar-refractivity contribution < 1.29 is 9.53 Å². The van der Waals surface area contributed by atoms with Crippen molar-refractivity contribution in [1.82, 2.24) is 0 Å². The molecule has 1 fully saturated rings. The molecule has 74 valence electrons. The van der Waals surface area contributed by atoms with Crippen molar-refractivity contribution in [2.75, 3.05) is 6.61 Å². The molecule has 0 unspecified atom stereocenters. The minimum absolute atomic E-state index is 0.176. The van der Waals surface area contributed by atoms with Crippen LogP contribution in [-0.2, 0) is 9.53 Å². The fourth-order valence-electron chi connectivity index (χ4n) is 1.53. The number of halogens is 2. The zero-order chi connectivity index (χ0) is 10.1. The molecule has 2 nitrogen and oxygen atoms in total. The monoisotopic (exact) mass is 230 g/mol. The Morgan fingerprint density at radius 3 is 2.64 bits per heavy atom. The van der Waals surface area contributed by atoms with E-state index in [1.165, 1.54) is 0 Å². The lowest BCUT2D eigenvalue weighted by molar-refractivity contribution is -0.139. The number of rotatable bonds is 1. The number of carbonyl (C=O) groups excluding carboxylic acids is 1. The first-order valence-corrected chi connectivity index (χ1v) is 5.05. The summed E-state index contributed by atoms with van der Waals surface area (Å²) in [6.07, 6.45) is 0.719. The molecule has 1 aliphatic rings. The van der Waals surface area contributed by atoms with E-state index < -0.39 is 0 Å². The molecule has 0 amide bonds. The van der Waals surface area contributed by atoms with Crippen molar-refractivity contribution in [1.29, 1.82) is 0 Å². The zero-order valence-corrected chi connectivity index (χ0v) is 8.81. The van der Waals surface area contributed by atoms with Gasteiger partial charge in [0, 0.05) is 0 Å². The van der Waals surface area contributed by atoms with E-state index in [9.17, 15) is 4.79 Å². The number of esters is 1. The van der Waals surface area contributed by atoms with Crippen LogP contribution in [0.5, 0.6) is 0 Å². The first-order valence-electron chi connectivity index (χ1n) is 4.30. The summed E-state index contributed by atoms with van der Waals surface area (Å²) >= 11 is 11.6. The highest BCUT2D eigenvalue weighted by Crippen LogP contribution is 2.31. The highest BCUT2D eigenvalue weighted by atomic mass is 35.5. The largest absolute Gasteiger partial charge is 0.465 e. The SMILES string of the molecule is O=C1OCC[C@H]1c1ccc(Cl)c(Cl)c1. The van der Waals surface area contributed by atoms with Crippen LogP contribution in [0.1, 0.15) is 17.9 Å². The molecule has 0 N–H and O–H groups in total. The molecule has 0 radical (unpaired) electrons. The van der Waals surface area contributed by atoms with Crippen molar-refractivity contribution in [3.05, 3.63) is 33.8 Å². The van der Waals surface area contributed by atoms with E-state index >= 15 is 0 Å². The number of cyclic esters (lactones) is 1. The summed E-state index contributed by atoms with van der Waals surface area (Å²) in [5.41, 5.74) is 0.877. The maximum absolute atomic E-state index is 11.3. The van der Waals surface area contributed by atoms with E-state index in [0.717, 1.165) is 12.0 Å². The van der Waals surface area contributed by atoms with Crippen LogP contribution < -0.4 is 0 Å². The quantitative estimate of drug-likeness (QED) is 0.694. The highest BCUT2D eigenvalue weighted by molar-refractivity contribution is 6.42. The lowest BCUT2D eigenvalue weighted by Crippen LogP contribution is -2.05. The smallest absolute Gasteiger partial charge is 0.313 e. The minimum Gasteiger partial charge on any atom is -0.465 e. The van der Waals surface area contributed by atoms with Crippen LogP contribution in [-0.4, -0.2) is 12.6 Å². The Hall–Kier alpha value is -0.730. The predicted octanol–water partition coefficient (Wildman–Crippen LogP) is 3.02. The Labute approximate surface area is 91.8 Å². The summed E-state index contributed by atoms with van der Waals surface area (Å²) in [4.78, 5) is 11.3. The molecule has 1 atom stereocenters. The summed E-state index contributed by atoms with van der Waals surface area (Å²) in [7, 11) is 0. The van der Waals surface area contributed by atoms with Crippen LogP contribution in [0.2, 0.25) is 10.0 Å². The standard InChI is InChI=1S/C10H8Cl2O2/c11-8-2-1-6(5-9(8)12)7-3-4-14-10(7)13/h1-2,5,7H,3-4H2/t7-/m0/s1. The van der Waals surface area contributed by atoms with Crippen molar-refractivity contribution in [2.24, 2.45) is 0 Å². The van der Waals surface area contributed by atoms with Gasteiger partial charge in [-0.05, 0) is 24.1 Å². The van der Waals surface area contributed by atoms with Gasteiger partial charge >= 0.3 is 5.97 Å². The molecule has 1 aliphatic heterocycles. The van der Waals surface area contributed by atoms with Gasteiger partial charge in [0.2, 0.25) is 0 Å². The van der Waals surface area contributed by atoms with Gasteiger partial charge in [0.05, 0.1) is 22.6 Å². The summed E-state index contributed by atoms with van der Waals surface area (Å²) in [5.74, 6) is -0.354. The number of ether oxygens (including phenoxy) is 1. The van der Waals surface area contributed by atoms with E-state index in [1.54, 1.807) is 12.1 Å². The molecule has 14 heavy (non-hydrogen) atoms. The van der Waals surface area contributed by atoms with Crippen LogP contribution >= 0.6 is 23.2 Å². The van der Waals surface area contributed by atoms with Gasteiger partial charge in [0.1, 0.15) is 0 Å². The second-order valence-electron chi connectivity index (χ2n) is 3.18. The molecule has 2 rings (SSSR count). The summed E-state index contributed by atoms with van der Waals surface area (Å²) in [5, 5.41) is 0.977. The van der Waals surface area contributed by atoms with Gasteiger partial charge in [-0.25, -0.2) is 0 Å². The van der Waals surface area contributed by atoms with Gasteiger partial charge < -0.3 is 4.74 Å². The third-order valence-electron chi connectivity index (χ3n) is 2.28. The van der Waals surface area contributed by atoms with Crippen LogP contribution in [0.15, 0.2) is 18.2 Å². The zero-order valence-electron chi connectivity index (χ0n) is 7.30. The molecule has 0 spiro atoms. The average molecular weight is 231 g/mol.